The van der Waals surface area contributed by atoms with Gasteiger partial charge in [-0.05, 0) is 80.1 Å². The van der Waals surface area contributed by atoms with E-state index in [9.17, 15) is 18.0 Å². The average Bonchev–Trinajstić information content (AvgIpc) is 3.50. The highest BCUT2D eigenvalue weighted by Crippen LogP contribution is 2.29. The lowest BCUT2D eigenvalue weighted by atomic mass is 10.1. The topological polar surface area (TPSA) is 96.0 Å². The van der Waals surface area contributed by atoms with Gasteiger partial charge in [0, 0.05) is 12.6 Å². The van der Waals surface area contributed by atoms with Crippen molar-refractivity contribution in [1.82, 2.24) is 10.2 Å². The minimum absolute atomic E-state index is 0.0893. The lowest BCUT2D eigenvalue weighted by molar-refractivity contribution is -0.140. The average molecular weight is 592 g/mol. The number of hydrogen-bond acceptors (Lipinski definition) is 5. The summed E-state index contributed by atoms with van der Waals surface area (Å²) in [5.41, 5.74) is 2.83. The highest BCUT2D eigenvalue weighted by atomic mass is 32.2. The minimum Gasteiger partial charge on any atom is -0.497 e. The van der Waals surface area contributed by atoms with Crippen LogP contribution in [0, 0.1) is 13.8 Å². The van der Waals surface area contributed by atoms with E-state index in [2.05, 4.69) is 5.32 Å². The smallest absolute Gasteiger partial charge is 0.264 e. The molecule has 1 fully saturated rings. The summed E-state index contributed by atoms with van der Waals surface area (Å²) in [4.78, 5) is 29.5. The number of ether oxygens (including phenoxy) is 1. The van der Waals surface area contributed by atoms with Gasteiger partial charge in [0.05, 0.1) is 17.7 Å². The number of nitrogens with one attached hydrogen (secondary N) is 1. The molecule has 8 nitrogen and oxygen atoms in total. The third-order valence-electron chi connectivity index (χ3n) is 7.84. The first-order valence-electron chi connectivity index (χ1n) is 14.5. The second-order valence-corrected chi connectivity index (χ2v) is 12.8. The van der Waals surface area contributed by atoms with Gasteiger partial charge in [-0.15, -0.1) is 0 Å². The second-order valence-electron chi connectivity index (χ2n) is 10.9. The Bertz CT molecular complexity index is 1470. The first-order chi connectivity index (χ1) is 20.1. The van der Waals surface area contributed by atoms with Crippen molar-refractivity contribution < 1.29 is 22.7 Å². The van der Waals surface area contributed by atoms with Crippen LogP contribution in [0.1, 0.15) is 55.7 Å². The Morgan fingerprint density at radius 1 is 0.976 bits per heavy atom. The van der Waals surface area contributed by atoms with E-state index in [1.165, 1.54) is 21.3 Å². The van der Waals surface area contributed by atoms with Crippen molar-refractivity contribution in [2.75, 3.05) is 18.0 Å². The van der Waals surface area contributed by atoms with Crippen LogP contribution in [-0.2, 0) is 26.2 Å². The molecule has 0 radical (unpaired) electrons. The van der Waals surface area contributed by atoms with Crippen LogP contribution in [0.5, 0.6) is 5.75 Å². The molecular weight excluding hydrogens is 550 g/mol. The van der Waals surface area contributed by atoms with E-state index in [-0.39, 0.29) is 23.4 Å². The Balaban J connectivity index is 1.73. The van der Waals surface area contributed by atoms with Crippen LogP contribution >= 0.6 is 0 Å². The molecule has 0 heterocycles. The lowest BCUT2D eigenvalue weighted by Gasteiger charge is -2.34. The van der Waals surface area contributed by atoms with Gasteiger partial charge in [-0.25, -0.2) is 8.42 Å². The SMILES string of the molecule is CC[C@H](C(=O)NC1CCCC1)N(Cc1ccc(OC)cc1)C(=O)CN(c1cc(C)ccc1C)S(=O)(=O)c1ccccc1. The van der Waals surface area contributed by atoms with Crippen molar-refractivity contribution in [2.45, 2.75) is 76.4 Å². The molecule has 0 aromatic heterocycles. The molecule has 2 amide bonds. The molecule has 1 aliphatic carbocycles. The number of carbonyl (C=O) groups excluding carboxylic acids is 2. The highest BCUT2D eigenvalue weighted by molar-refractivity contribution is 7.92. The van der Waals surface area contributed by atoms with Gasteiger partial charge in [-0.1, -0.05) is 62.2 Å². The molecule has 0 bridgehead atoms. The Morgan fingerprint density at radius 3 is 2.26 bits per heavy atom. The number of rotatable bonds is 12. The summed E-state index contributed by atoms with van der Waals surface area (Å²) in [6.45, 7) is 5.27. The molecule has 0 aliphatic heterocycles. The Morgan fingerprint density at radius 2 is 1.64 bits per heavy atom. The predicted molar refractivity (Wildman–Crippen MR) is 165 cm³/mol. The summed E-state index contributed by atoms with van der Waals surface area (Å²) in [6, 6.07) is 20.3. The van der Waals surface area contributed by atoms with E-state index in [1.807, 2.05) is 45.0 Å². The summed E-state index contributed by atoms with van der Waals surface area (Å²) in [5.74, 6) is 0.00723. The number of nitrogens with zero attached hydrogens (tertiary/aromatic N) is 2. The molecule has 4 rings (SSSR count). The van der Waals surface area contributed by atoms with Gasteiger partial charge in [-0.2, -0.15) is 0 Å². The van der Waals surface area contributed by atoms with Crippen LogP contribution in [0.2, 0.25) is 0 Å². The van der Waals surface area contributed by atoms with Gasteiger partial charge in [0.15, 0.2) is 0 Å². The molecule has 0 saturated heterocycles. The summed E-state index contributed by atoms with van der Waals surface area (Å²) >= 11 is 0. The van der Waals surface area contributed by atoms with Gasteiger partial charge in [0.2, 0.25) is 11.8 Å². The van der Waals surface area contributed by atoms with E-state index < -0.39 is 28.5 Å². The number of aryl methyl sites for hydroxylation is 2. The fourth-order valence-electron chi connectivity index (χ4n) is 5.44. The van der Waals surface area contributed by atoms with Crippen LogP contribution in [0.25, 0.3) is 0 Å². The van der Waals surface area contributed by atoms with Gasteiger partial charge in [-0.3, -0.25) is 13.9 Å². The zero-order valence-corrected chi connectivity index (χ0v) is 25.7. The summed E-state index contributed by atoms with van der Waals surface area (Å²) < 4.78 is 34.6. The first kappa shape index (κ1) is 31.1. The maximum Gasteiger partial charge on any atom is 0.264 e. The summed E-state index contributed by atoms with van der Waals surface area (Å²) in [7, 11) is -2.52. The maximum atomic E-state index is 14.3. The van der Waals surface area contributed by atoms with Crippen LogP contribution in [-0.4, -0.2) is 50.9 Å². The number of benzene rings is 3. The number of amides is 2. The summed E-state index contributed by atoms with van der Waals surface area (Å²) in [6.07, 6.45) is 4.36. The van der Waals surface area contributed by atoms with Gasteiger partial charge >= 0.3 is 0 Å². The number of carbonyl (C=O) groups is 2. The van der Waals surface area contributed by atoms with Crippen LogP contribution in [0.3, 0.4) is 0 Å². The predicted octanol–water partition coefficient (Wildman–Crippen LogP) is 5.37. The van der Waals surface area contributed by atoms with Gasteiger partial charge in [0.1, 0.15) is 18.3 Å². The molecular formula is C33H41N3O5S. The van der Waals surface area contributed by atoms with E-state index in [0.29, 0.717) is 17.9 Å². The van der Waals surface area contributed by atoms with Crippen molar-refractivity contribution in [3.8, 4) is 5.75 Å². The van der Waals surface area contributed by atoms with Crippen LogP contribution in [0.15, 0.2) is 77.7 Å². The fourth-order valence-corrected chi connectivity index (χ4v) is 6.93. The zero-order chi connectivity index (χ0) is 30.3. The Kier molecular flexibility index (Phi) is 10.3. The molecule has 1 N–H and O–H groups in total. The minimum atomic E-state index is -4.11. The quantitative estimate of drug-likeness (QED) is 0.305. The monoisotopic (exact) mass is 591 g/mol. The second kappa shape index (κ2) is 13.9. The van der Waals surface area contributed by atoms with Crippen LogP contribution in [0.4, 0.5) is 5.69 Å². The van der Waals surface area contributed by atoms with Crippen molar-refractivity contribution in [2.24, 2.45) is 0 Å². The Labute approximate surface area is 249 Å². The summed E-state index contributed by atoms with van der Waals surface area (Å²) in [5, 5.41) is 3.14. The molecule has 1 aliphatic rings. The Hall–Kier alpha value is -3.85. The van der Waals surface area contributed by atoms with Gasteiger partial charge in [0.25, 0.3) is 10.0 Å². The van der Waals surface area contributed by atoms with Crippen molar-refractivity contribution in [3.05, 3.63) is 89.5 Å². The van der Waals surface area contributed by atoms with Crippen molar-refractivity contribution in [1.29, 1.82) is 0 Å². The van der Waals surface area contributed by atoms with Gasteiger partial charge < -0.3 is 15.0 Å². The molecule has 42 heavy (non-hydrogen) atoms. The molecule has 1 saturated carbocycles. The maximum absolute atomic E-state index is 14.3. The molecule has 0 spiro atoms. The first-order valence-corrected chi connectivity index (χ1v) is 16.0. The third-order valence-corrected chi connectivity index (χ3v) is 9.62. The molecule has 3 aromatic carbocycles. The van der Waals surface area contributed by atoms with E-state index >= 15 is 0 Å². The number of methoxy groups -OCH3 is 1. The fraction of sp³-hybridized carbons (Fsp3) is 0.394. The molecule has 224 valence electrons. The highest BCUT2D eigenvalue weighted by Gasteiger charge is 2.35. The van der Waals surface area contributed by atoms with E-state index in [0.717, 1.165) is 42.4 Å². The lowest BCUT2D eigenvalue weighted by Crippen LogP contribution is -2.53. The standard InChI is InChI=1S/C33H41N3O5S/c1-5-30(33(38)34-27-11-9-10-12-27)35(22-26-17-19-28(41-4)20-18-26)32(37)23-36(31-21-24(2)15-16-25(31)3)42(39,40)29-13-7-6-8-14-29/h6-8,13-21,27,30H,5,9-12,22-23H2,1-4H3,(H,34,38)/t30-/m1/s1. The number of sulfonamides is 1. The molecule has 0 unspecified atom stereocenters. The van der Waals surface area contributed by atoms with Crippen LogP contribution < -0.4 is 14.4 Å². The number of anilines is 1. The van der Waals surface area contributed by atoms with Crippen molar-refractivity contribution in [3.63, 3.8) is 0 Å². The van der Waals surface area contributed by atoms with E-state index in [4.69, 9.17) is 4.74 Å². The number of hydrogen-bond donors (Lipinski definition) is 1. The van der Waals surface area contributed by atoms with Crippen molar-refractivity contribution >= 4 is 27.5 Å². The normalized spacial score (nSPS) is 14.3. The zero-order valence-electron chi connectivity index (χ0n) is 24.9. The molecule has 9 heteroatoms. The molecule has 3 aromatic rings. The third kappa shape index (κ3) is 7.31. The van der Waals surface area contributed by atoms with E-state index in [1.54, 1.807) is 43.5 Å². The molecule has 1 atom stereocenters. The largest absolute Gasteiger partial charge is 0.497 e.